The maximum absolute atomic E-state index is 12.6. The van der Waals surface area contributed by atoms with Gasteiger partial charge >= 0.3 is 0 Å². The van der Waals surface area contributed by atoms with Crippen molar-refractivity contribution in [3.05, 3.63) is 0 Å². The summed E-state index contributed by atoms with van der Waals surface area (Å²) < 4.78 is 0. The van der Waals surface area contributed by atoms with E-state index in [1.165, 1.54) is 327 Å². The van der Waals surface area contributed by atoms with Crippen molar-refractivity contribution in [2.45, 2.75) is 329 Å². The van der Waals surface area contributed by atoms with Crippen LogP contribution in [0.25, 0.3) is 0 Å². The van der Waals surface area contributed by atoms with Crippen molar-refractivity contribution in [2.24, 2.45) is 5.73 Å². The molecule has 0 atom stereocenters. The van der Waals surface area contributed by atoms with Crippen LogP contribution in [-0.4, -0.2) is 30.6 Å². The molecule has 0 fully saturated rings. The molecule has 1 amide bonds. The summed E-state index contributed by atoms with van der Waals surface area (Å²) in [6, 6.07) is 0. The molecule has 0 spiro atoms. The average molecular weight is 850 g/mol. The van der Waals surface area contributed by atoms with E-state index in [4.69, 9.17) is 5.73 Å². The van der Waals surface area contributed by atoms with Crippen molar-refractivity contribution in [3.8, 4) is 0 Å². The Labute approximate surface area is 375 Å². The SMILES string of the molecule is CCCCCCCCCCCCCCCCCC[P+](CCCCCCCCCCCCCCCCCC)(CCCCCCCCCCCCCCCCCC)CC(N)=O. The number of rotatable bonds is 53. The second-order valence-electron chi connectivity index (χ2n) is 20.0. The van der Waals surface area contributed by atoms with Crippen molar-refractivity contribution in [2.75, 3.05) is 24.6 Å². The molecule has 0 saturated heterocycles. The van der Waals surface area contributed by atoms with Gasteiger partial charge in [0.05, 0.1) is 18.5 Å². The lowest BCUT2D eigenvalue weighted by Crippen LogP contribution is -2.24. The number of carbonyl (C=O) groups is 1. The topological polar surface area (TPSA) is 43.1 Å². The van der Waals surface area contributed by atoms with E-state index in [1.807, 2.05) is 0 Å². The van der Waals surface area contributed by atoms with Crippen LogP contribution in [0.1, 0.15) is 329 Å². The normalized spacial score (nSPS) is 11.9. The summed E-state index contributed by atoms with van der Waals surface area (Å²) in [6.45, 7) is 6.93. The van der Waals surface area contributed by atoms with E-state index >= 15 is 0 Å². The maximum atomic E-state index is 12.6. The van der Waals surface area contributed by atoms with Gasteiger partial charge in [0.25, 0.3) is 5.91 Å². The van der Waals surface area contributed by atoms with Crippen LogP contribution in [0, 0.1) is 0 Å². The van der Waals surface area contributed by atoms with Gasteiger partial charge in [0, 0.05) is 7.26 Å². The van der Waals surface area contributed by atoms with Gasteiger partial charge in [0.15, 0.2) is 0 Å². The largest absolute Gasteiger partial charge is 0.367 e. The number of carbonyl (C=O) groups excluding carboxylic acids is 1. The Morgan fingerprint density at radius 2 is 0.390 bits per heavy atom. The van der Waals surface area contributed by atoms with Gasteiger partial charge in [-0.2, -0.15) is 0 Å². The van der Waals surface area contributed by atoms with Gasteiger partial charge in [-0.05, 0) is 38.5 Å². The first-order valence-electron chi connectivity index (χ1n) is 28.2. The van der Waals surface area contributed by atoms with Crippen LogP contribution in [0.15, 0.2) is 0 Å². The van der Waals surface area contributed by atoms with Crippen LogP contribution in [0.5, 0.6) is 0 Å². The summed E-state index contributed by atoms with van der Waals surface area (Å²) in [5, 5.41) is 0. The highest BCUT2D eigenvalue weighted by Gasteiger charge is 2.37. The summed E-state index contributed by atoms with van der Waals surface area (Å²) in [7, 11) is -1.29. The Morgan fingerprint density at radius 1 is 0.254 bits per heavy atom. The highest BCUT2D eigenvalue weighted by atomic mass is 31.2. The van der Waals surface area contributed by atoms with Gasteiger partial charge < -0.3 is 5.73 Å². The number of hydrogen-bond acceptors (Lipinski definition) is 1. The predicted molar refractivity (Wildman–Crippen MR) is 274 cm³/mol. The van der Waals surface area contributed by atoms with E-state index in [2.05, 4.69) is 20.8 Å². The smallest absolute Gasteiger partial charge is 0.254 e. The summed E-state index contributed by atoms with van der Waals surface area (Å²) in [5.41, 5.74) is 6.05. The third kappa shape index (κ3) is 47.2. The first-order chi connectivity index (χ1) is 29.1. The molecule has 0 aliphatic rings. The van der Waals surface area contributed by atoms with Crippen molar-refractivity contribution in [1.29, 1.82) is 0 Å². The summed E-state index contributed by atoms with van der Waals surface area (Å²) in [5.74, 6) is 0.00260. The molecular weight excluding hydrogens is 734 g/mol. The molecule has 0 aromatic carbocycles. The lowest BCUT2D eigenvalue weighted by Gasteiger charge is -2.27. The Kier molecular flexibility index (Phi) is 50.5. The number of nitrogens with two attached hydrogens (primary N) is 1. The minimum atomic E-state index is -1.29. The van der Waals surface area contributed by atoms with Crippen molar-refractivity contribution >= 4 is 13.2 Å². The van der Waals surface area contributed by atoms with E-state index in [9.17, 15) is 4.79 Å². The van der Waals surface area contributed by atoms with E-state index in [1.54, 1.807) is 0 Å². The van der Waals surface area contributed by atoms with Crippen LogP contribution in [0.3, 0.4) is 0 Å². The molecule has 0 saturated carbocycles. The lowest BCUT2D eigenvalue weighted by atomic mass is 10.0. The van der Waals surface area contributed by atoms with Crippen molar-refractivity contribution in [3.63, 3.8) is 0 Å². The molecule has 0 aliphatic carbocycles. The van der Waals surface area contributed by atoms with Gasteiger partial charge in [0.2, 0.25) is 0 Å². The van der Waals surface area contributed by atoms with Crippen molar-refractivity contribution < 1.29 is 4.79 Å². The predicted octanol–water partition coefficient (Wildman–Crippen LogP) is 20.3. The second kappa shape index (κ2) is 50.5. The second-order valence-corrected chi connectivity index (χ2v) is 24.4. The monoisotopic (exact) mass is 849 g/mol. The zero-order chi connectivity index (χ0) is 42.8. The Morgan fingerprint density at radius 3 is 0.525 bits per heavy atom. The minimum Gasteiger partial charge on any atom is -0.367 e. The van der Waals surface area contributed by atoms with E-state index in [0.717, 1.165) is 6.16 Å². The fourth-order valence-corrected chi connectivity index (χ4v) is 14.4. The Bertz CT molecular complexity index is 696. The first kappa shape index (κ1) is 58.9. The number of primary amides is 1. The minimum absolute atomic E-state index is 0.00260. The molecule has 3 heteroatoms. The number of unbranched alkanes of at least 4 members (excludes halogenated alkanes) is 45. The molecule has 0 unspecified atom stereocenters. The molecule has 0 heterocycles. The summed E-state index contributed by atoms with van der Waals surface area (Å²) >= 11 is 0. The molecule has 354 valence electrons. The molecule has 2 nitrogen and oxygen atoms in total. The Hall–Kier alpha value is -0.100. The standard InChI is InChI=1S/C56H114NOP/c1-4-7-10-13-16-19-22-25-28-31-34-37-40-43-46-49-52-59(55-56(57)58,53-50-47-44-41-38-35-32-29-26-23-20-17-14-11-8-5-2)54-51-48-45-42-39-36-33-30-27-24-21-18-15-12-9-6-3/h4-55H2,1-3H3,(H-,57,58)/p+1. The van der Waals surface area contributed by atoms with Gasteiger partial charge in [-0.1, -0.05) is 290 Å². The fourth-order valence-electron chi connectivity index (χ4n) is 9.89. The van der Waals surface area contributed by atoms with Gasteiger partial charge in [-0.15, -0.1) is 0 Å². The molecule has 0 aromatic rings. The molecule has 0 aliphatic heterocycles. The Balaban J connectivity index is 4.42. The number of hydrogen-bond donors (Lipinski definition) is 1. The third-order valence-electron chi connectivity index (χ3n) is 13.9. The molecule has 0 radical (unpaired) electrons. The first-order valence-corrected chi connectivity index (χ1v) is 30.8. The van der Waals surface area contributed by atoms with Gasteiger partial charge in [-0.3, -0.25) is 4.79 Å². The molecule has 59 heavy (non-hydrogen) atoms. The molecule has 0 aromatic heterocycles. The summed E-state index contributed by atoms with van der Waals surface area (Å²) in [6.07, 6.45) is 73.2. The van der Waals surface area contributed by atoms with Gasteiger partial charge in [-0.25, -0.2) is 0 Å². The highest BCUT2D eigenvalue weighted by molar-refractivity contribution is 7.76. The van der Waals surface area contributed by atoms with Crippen LogP contribution < -0.4 is 5.73 Å². The van der Waals surface area contributed by atoms with Crippen LogP contribution >= 0.6 is 7.26 Å². The third-order valence-corrected chi connectivity index (χ3v) is 18.7. The quantitative estimate of drug-likeness (QED) is 0.0481. The molecule has 0 bridgehead atoms. The van der Waals surface area contributed by atoms with Gasteiger partial charge in [0.1, 0.15) is 6.16 Å². The molecule has 0 rings (SSSR count). The molecule has 2 N–H and O–H groups in total. The van der Waals surface area contributed by atoms with E-state index in [0.29, 0.717) is 0 Å². The van der Waals surface area contributed by atoms with Crippen LogP contribution in [0.2, 0.25) is 0 Å². The van der Waals surface area contributed by atoms with Crippen LogP contribution in [0.4, 0.5) is 0 Å². The molecular formula is C56H115NOP+. The van der Waals surface area contributed by atoms with E-state index < -0.39 is 7.26 Å². The lowest BCUT2D eigenvalue weighted by molar-refractivity contribution is -0.115. The number of amides is 1. The van der Waals surface area contributed by atoms with Crippen LogP contribution in [-0.2, 0) is 4.79 Å². The van der Waals surface area contributed by atoms with Crippen molar-refractivity contribution in [1.82, 2.24) is 0 Å². The average Bonchev–Trinajstić information content (AvgIpc) is 3.23. The maximum Gasteiger partial charge on any atom is 0.254 e. The zero-order valence-electron chi connectivity index (χ0n) is 41.7. The summed E-state index contributed by atoms with van der Waals surface area (Å²) in [4.78, 5) is 12.6. The fraction of sp³-hybridized carbons (Fsp3) is 0.982. The highest BCUT2D eigenvalue weighted by Crippen LogP contribution is 2.60. The van der Waals surface area contributed by atoms with E-state index in [-0.39, 0.29) is 5.91 Å². The zero-order valence-corrected chi connectivity index (χ0v) is 42.6.